The third-order valence-corrected chi connectivity index (χ3v) is 10.4. The lowest BCUT2D eigenvalue weighted by Crippen LogP contribution is -2.36. The molecule has 0 N–H and O–H groups in total. The molecule has 2 aliphatic heterocycles. The first-order chi connectivity index (χ1) is 22.8. The van der Waals surface area contributed by atoms with E-state index in [1.165, 1.54) is 21.0 Å². The fourth-order valence-electron chi connectivity index (χ4n) is 7.43. The lowest BCUT2D eigenvalue weighted by Gasteiger charge is -2.45. The van der Waals surface area contributed by atoms with Crippen molar-refractivity contribution in [1.82, 2.24) is 9.97 Å². The van der Waals surface area contributed by atoms with Crippen LogP contribution in [0, 0.1) is 0 Å². The van der Waals surface area contributed by atoms with Gasteiger partial charge in [-0.3, -0.25) is 4.98 Å². The first-order valence-electron chi connectivity index (χ1n) is 15.3. The molecule has 0 aliphatic carbocycles. The van der Waals surface area contributed by atoms with Crippen LogP contribution in [0.15, 0.2) is 146 Å². The molecule has 0 amide bonds. The molecule has 5 heterocycles. The Morgan fingerprint density at radius 1 is 0.500 bits per heavy atom. The standard InChI is InChI=1S/C41H24N2O2S/c1-3-14-34-29(11-1)41(30-12-2-4-15-35(30)45-37-24-26(18-20-32(37)41)33-13-5-6-21-42-33)31-19-17-25(23-36(31)44-34)27-9-7-16-38-39(27)28-10-8-22-43-40(28)46-38/h1-24H. The van der Waals surface area contributed by atoms with Gasteiger partial charge in [-0.1, -0.05) is 78.9 Å². The third-order valence-electron chi connectivity index (χ3n) is 9.34. The van der Waals surface area contributed by atoms with Gasteiger partial charge in [-0.25, -0.2) is 4.98 Å². The summed E-state index contributed by atoms with van der Waals surface area (Å²) in [6, 6.07) is 46.7. The van der Waals surface area contributed by atoms with Gasteiger partial charge in [0, 0.05) is 55.7 Å². The van der Waals surface area contributed by atoms with Crippen molar-refractivity contribution in [3.8, 4) is 45.4 Å². The van der Waals surface area contributed by atoms with E-state index in [2.05, 4.69) is 107 Å². The molecule has 1 unspecified atom stereocenters. The molecule has 216 valence electrons. The molecule has 0 saturated carbocycles. The zero-order valence-electron chi connectivity index (χ0n) is 24.5. The molecule has 5 heteroatoms. The quantitative estimate of drug-likeness (QED) is 0.196. The fraction of sp³-hybridized carbons (Fsp3) is 0.0244. The van der Waals surface area contributed by atoms with Crippen LogP contribution in [-0.2, 0) is 5.41 Å². The number of thiophene rings is 1. The van der Waals surface area contributed by atoms with Crippen LogP contribution in [0.1, 0.15) is 22.3 Å². The van der Waals surface area contributed by atoms with Crippen molar-refractivity contribution in [1.29, 1.82) is 0 Å². The van der Waals surface area contributed by atoms with E-state index in [1.54, 1.807) is 11.3 Å². The monoisotopic (exact) mass is 608 g/mol. The number of rotatable bonds is 2. The zero-order chi connectivity index (χ0) is 30.2. The zero-order valence-corrected chi connectivity index (χ0v) is 25.3. The second-order valence-corrected chi connectivity index (χ2v) is 12.8. The highest BCUT2D eigenvalue weighted by Crippen LogP contribution is 2.62. The fourth-order valence-corrected chi connectivity index (χ4v) is 8.50. The Kier molecular flexibility index (Phi) is 5.33. The van der Waals surface area contributed by atoms with Gasteiger partial charge in [-0.2, -0.15) is 0 Å². The predicted molar refractivity (Wildman–Crippen MR) is 184 cm³/mol. The number of hydrogen-bond acceptors (Lipinski definition) is 5. The average Bonchev–Trinajstić information content (AvgIpc) is 3.50. The molecule has 1 atom stereocenters. The van der Waals surface area contributed by atoms with Crippen molar-refractivity contribution in [2.75, 3.05) is 0 Å². The van der Waals surface area contributed by atoms with Crippen LogP contribution in [0.3, 0.4) is 0 Å². The van der Waals surface area contributed by atoms with E-state index in [0.29, 0.717) is 0 Å². The van der Waals surface area contributed by atoms with E-state index < -0.39 is 5.41 Å². The van der Waals surface area contributed by atoms with Crippen LogP contribution in [0.2, 0.25) is 0 Å². The molecule has 0 radical (unpaired) electrons. The smallest absolute Gasteiger partial charge is 0.132 e. The minimum atomic E-state index is -0.652. The van der Waals surface area contributed by atoms with Crippen molar-refractivity contribution < 1.29 is 9.47 Å². The Balaban J connectivity index is 1.25. The van der Waals surface area contributed by atoms with Crippen molar-refractivity contribution in [3.63, 3.8) is 0 Å². The number of para-hydroxylation sites is 2. The number of nitrogens with zero attached hydrogens (tertiary/aromatic N) is 2. The summed E-state index contributed by atoms with van der Waals surface area (Å²) in [5.41, 5.74) is 7.89. The average molecular weight is 609 g/mol. The molecular formula is C41H24N2O2S. The van der Waals surface area contributed by atoms with Crippen LogP contribution in [0.25, 0.3) is 42.7 Å². The lowest BCUT2D eigenvalue weighted by atomic mass is 9.62. The topological polar surface area (TPSA) is 44.2 Å². The van der Waals surface area contributed by atoms with Gasteiger partial charge in [0.1, 0.15) is 27.8 Å². The molecule has 0 fully saturated rings. The van der Waals surface area contributed by atoms with Gasteiger partial charge >= 0.3 is 0 Å². The van der Waals surface area contributed by atoms with Crippen molar-refractivity contribution in [2.24, 2.45) is 0 Å². The minimum Gasteiger partial charge on any atom is -0.457 e. The highest BCUT2D eigenvalue weighted by atomic mass is 32.1. The summed E-state index contributed by atoms with van der Waals surface area (Å²) in [5.74, 6) is 3.33. The maximum Gasteiger partial charge on any atom is 0.132 e. The normalized spacial score (nSPS) is 15.8. The first kappa shape index (κ1) is 25.5. The highest BCUT2D eigenvalue weighted by molar-refractivity contribution is 7.25. The Bertz CT molecular complexity index is 2490. The number of ether oxygens (including phenoxy) is 2. The predicted octanol–water partition coefficient (Wildman–Crippen LogP) is 10.8. The summed E-state index contributed by atoms with van der Waals surface area (Å²) >= 11 is 1.73. The molecular weight excluding hydrogens is 585 g/mol. The molecule has 0 saturated heterocycles. The maximum absolute atomic E-state index is 6.81. The summed E-state index contributed by atoms with van der Waals surface area (Å²) in [4.78, 5) is 10.3. The van der Waals surface area contributed by atoms with Gasteiger partial charge in [-0.15, -0.1) is 11.3 Å². The summed E-state index contributed by atoms with van der Waals surface area (Å²) in [7, 11) is 0. The van der Waals surface area contributed by atoms with Gasteiger partial charge < -0.3 is 9.47 Å². The van der Waals surface area contributed by atoms with Gasteiger partial charge in [0.05, 0.1) is 11.1 Å². The number of aromatic nitrogens is 2. The second kappa shape index (κ2) is 9.61. The number of hydrogen-bond donors (Lipinski definition) is 0. The molecule has 1 spiro atoms. The summed E-state index contributed by atoms with van der Waals surface area (Å²) in [6.45, 7) is 0. The van der Waals surface area contributed by atoms with E-state index in [1.807, 2.05) is 48.8 Å². The van der Waals surface area contributed by atoms with Gasteiger partial charge in [0.15, 0.2) is 0 Å². The lowest BCUT2D eigenvalue weighted by molar-refractivity contribution is 0.399. The van der Waals surface area contributed by atoms with Crippen LogP contribution in [0.5, 0.6) is 23.0 Å². The van der Waals surface area contributed by atoms with Crippen molar-refractivity contribution >= 4 is 31.6 Å². The largest absolute Gasteiger partial charge is 0.457 e. The molecule has 3 aromatic heterocycles. The van der Waals surface area contributed by atoms with Crippen molar-refractivity contribution in [3.05, 3.63) is 168 Å². The van der Waals surface area contributed by atoms with Crippen molar-refractivity contribution in [2.45, 2.75) is 5.41 Å². The number of fused-ring (bicyclic) bond motifs is 11. The van der Waals surface area contributed by atoms with E-state index in [0.717, 1.165) is 66.9 Å². The number of pyridine rings is 2. The molecule has 2 aliphatic rings. The van der Waals surface area contributed by atoms with E-state index >= 15 is 0 Å². The third kappa shape index (κ3) is 3.49. The Labute approximate surface area is 269 Å². The van der Waals surface area contributed by atoms with Gasteiger partial charge in [-0.05, 0) is 65.7 Å². The highest BCUT2D eigenvalue weighted by Gasteiger charge is 2.50. The molecule has 0 bridgehead atoms. The molecule has 5 aromatic carbocycles. The Hall–Kier alpha value is -5.78. The summed E-state index contributed by atoms with van der Waals surface area (Å²) < 4.78 is 14.7. The summed E-state index contributed by atoms with van der Waals surface area (Å²) in [6.07, 6.45) is 3.69. The second-order valence-electron chi connectivity index (χ2n) is 11.7. The molecule has 4 nitrogen and oxygen atoms in total. The summed E-state index contributed by atoms with van der Waals surface area (Å²) in [5, 5.41) is 2.40. The maximum atomic E-state index is 6.81. The molecule has 46 heavy (non-hydrogen) atoms. The first-order valence-corrected chi connectivity index (χ1v) is 16.1. The molecule has 10 rings (SSSR count). The molecule has 8 aromatic rings. The Morgan fingerprint density at radius 3 is 1.89 bits per heavy atom. The van der Waals surface area contributed by atoms with E-state index in [4.69, 9.17) is 9.47 Å². The van der Waals surface area contributed by atoms with Crippen LogP contribution in [-0.4, -0.2) is 9.97 Å². The van der Waals surface area contributed by atoms with Crippen LogP contribution < -0.4 is 9.47 Å². The Morgan fingerprint density at radius 2 is 1.15 bits per heavy atom. The van der Waals surface area contributed by atoms with Gasteiger partial charge in [0.25, 0.3) is 0 Å². The SMILES string of the molecule is c1ccc(-c2ccc3c(c2)Oc2ccccc2C32c3ccccc3Oc3cc(-c4cccc5sc6ncccc6c45)ccc32)nc1. The number of benzene rings is 5. The van der Waals surface area contributed by atoms with Crippen LogP contribution >= 0.6 is 11.3 Å². The minimum absolute atomic E-state index is 0.652. The van der Waals surface area contributed by atoms with Crippen LogP contribution in [0.4, 0.5) is 0 Å². The van der Waals surface area contributed by atoms with Gasteiger partial charge in [0.2, 0.25) is 0 Å². The van der Waals surface area contributed by atoms with E-state index in [9.17, 15) is 0 Å². The van der Waals surface area contributed by atoms with E-state index in [-0.39, 0.29) is 0 Å².